The summed E-state index contributed by atoms with van der Waals surface area (Å²) in [5.41, 5.74) is 4.12. The Morgan fingerprint density at radius 1 is 1.07 bits per heavy atom. The van der Waals surface area contributed by atoms with E-state index in [9.17, 15) is 9.90 Å². The Morgan fingerprint density at radius 3 is 2.52 bits per heavy atom. The fourth-order valence-electron chi connectivity index (χ4n) is 3.70. The molecule has 3 aromatic rings. The van der Waals surface area contributed by atoms with Gasteiger partial charge >= 0.3 is 6.09 Å². The van der Waals surface area contributed by atoms with E-state index in [4.69, 9.17) is 9.47 Å². The quantitative estimate of drug-likeness (QED) is 0.655. The van der Waals surface area contributed by atoms with Crippen LogP contribution in [0.1, 0.15) is 11.1 Å². The highest BCUT2D eigenvalue weighted by atomic mass is 16.5. The first-order valence-electron chi connectivity index (χ1n) is 9.59. The zero-order valence-electron chi connectivity index (χ0n) is 16.2. The number of carbonyl (C=O) groups is 1. The molecule has 0 saturated heterocycles. The van der Waals surface area contributed by atoms with Crippen molar-refractivity contribution in [2.24, 2.45) is 0 Å². The third kappa shape index (κ3) is 4.19. The van der Waals surface area contributed by atoms with E-state index in [1.165, 1.54) is 4.90 Å². The van der Waals surface area contributed by atoms with E-state index in [2.05, 4.69) is 0 Å². The lowest BCUT2D eigenvalue weighted by Gasteiger charge is -2.23. The summed E-state index contributed by atoms with van der Waals surface area (Å²) in [7, 11) is 1.65. The molecule has 4 rings (SSSR count). The predicted octanol–water partition coefficient (Wildman–Crippen LogP) is 4.85. The fourth-order valence-corrected chi connectivity index (χ4v) is 3.70. The number of rotatable bonds is 6. The second-order valence-electron chi connectivity index (χ2n) is 7.12. The summed E-state index contributed by atoms with van der Waals surface area (Å²) in [6, 6.07) is 23.6. The van der Waals surface area contributed by atoms with Crippen LogP contribution in [0.4, 0.5) is 4.79 Å². The van der Waals surface area contributed by atoms with E-state index >= 15 is 0 Å². The minimum absolute atomic E-state index is 0.204. The summed E-state index contributed by atoms with van der Waals surface area (Å²) < 4.78 is 11.5. The van der Waals surface area contributed by atoms with Gasteiger partial charge in [0.05, 0.1) is 13.7 Å². The van der Waals surface area contributed by atoms with Crippen molar-refractivity contribution in [2.75, 3.05) is 13.7 Å². The summed E-state index contributed by atoms with van der Waals surface area (Å²) >= 11 is 0. The third-order valence-electron chi connectivity index (χ3n) is 5.14. The molecule has 1 amide bonds. The molecule has 0 spiro atoms. The first kappa shape index (κ1) is 18.9. The number of methoxy groups -OCH3 is 1. The number of hydrogen-bond donors (Lipinski definition) is 1. The molecule has 0 radical (unpaired) electrons. The van der Waals surface area contributed by atoms with Gasteiger partial charge in [-0.1, -0.05) is 60.7 Å². The largest absolute Gasteiger partial charge is 0.497 e. The number of hydrogen-bond acceptors (Lipinski definition) is 3. The van der Waals surface area contributed by atoms with Crippen LogP contribution in [0.15, 0.2) is 72.8 Å². The van der Waals surface area contributed by atoms with Crippen molar-refractivity contribution in [3.05, 3.63) is 83.9 Å². The van der Waals surface area contributed by atoms with Gasteiger partial charge in [0.1, 0.15) is 17.6 Å². The number of fused-ring (bicyclic) bond motifs is 1. The van der Waals surface area contributed by atoms with Crippen molar-refractivity contribution >= 4 is 6.09 Å². The van der Waals surface area contributed by atoms with E-state index in [-0.39, 0.29) is 6.10 Å². The van der Waals surface area contributed by atoms with Gasteiger partial charge in [0.25, 0.3) is 0 Å². The molecule has 5 heteroatoms. The van der Waals surface area contributed by atoms with Crippen molar-refractivity contribution in [1.29, 1.82) is 0 Å². The van der Waals surface area contributed by atoms with Crippen LogP contribution in [0.25, 0.3) is 11.1 Å². The molecule has 1 aliphatic rings. The monoisotopic (exact) mass is 389 g/mol. The average Bonchev–Trinajstić information content (AvgIpc) is 3.16. The maximum Gasteiger partial charge on any atom is 0.407 e. The average molecular weight is 389 g/mol. The van der Waals surface area contributed by atoms with Gasteiger partial charge in [-0.05, 0) is 28.8 Å². The van der Waals surface area contributed by atoms with Crippen LogP contribution in [0, 0.1) is 0 Å². The Bertz CT molecular complexity index is 986. The van der Waals surface area contributed by atoms with Gasteiger partial charge in [-0.2, -0.15) is 0 Å². The first-order chi connectivity index (χ1) is 14.1. The highest BCUT2D eigenvalue weighted by molar-refractivity contribution is 5.73. The SMILES string of the molecule is COc1ccc(-c2cccc3c2OC(CN(Cc2ccccc2)C(=O)O)C3)cc1. The molecule has 148 valence electrons. The molecule has 0 aliphatic carbocycles. The lowest BCUT2D eigenvalue weighted by molar-refractivity contribution is 0.113. The molecule has 1 heterocycles. The Hall–Kier alpha value is -3.47. The van der Waals surface area contributed by atoms with Gasteiger partial charge in [-0.25, -0.2) is 4.79 Å². The summed E-state index contributed by atoms with van der Waals surface area (Å²) in [5, 5.41) is 9.65. The van der Waals surface area contributed by atoms with Gasteiger partial charge < -0.3 is 19.5 Å². The van der Waals surface area contributed by atoms with E-state index in [1.807, 2.05) is 72.8 Å². The zero-order chi connectivity index (χ0) is 20.2. The zero-order valence-corrected chi connectivity index (χ0v) is 16.2. The van der Waals surface area contributed by atoms with Crippen LogP contribution in [0.3, 0.4) is 0 Å². The number of ether oxygens (including phenoxy) is 2. The second kappa shape index (κ2) is 8.27. The van der Waals surface area contributed by atoms with Crippen LogP contribution in [0.5, 0.6) is 11.5 Å². The molecule has 1 unspecified atom stereocenters. The van der Waals surface area contributed by atoms with E-state index in [0.717, 1.165) is 33.8 Å². The number of para-hydroxylation sites is 1. The predicted molar refractivity (Wildman–Crippen MR) is 111 cm³/mol. The molecule has 29 heavy (non-hydrogen) atoms. The second-order valence-corrected chi connectivity index (χ2v) is 7.12. The number of benzene rings is 3. The molecule has 0 fully saturated rings. The lowest BCUT2D eigenvalue weighted by atomic mass is 10.0. The van der Waals surface area contributed by atoms with Crippen molar-refractivity contribution in [3.63, 3.8) is 0 Å². The van der Waals surface area contributed by atoms with Crippen LogP contribution in [0.2, 0.25) is 0 Å². The summed E-state index contributed by atoms with van der Waals surface area (Å²) in [6.45, 7) is 0.665. The van der Waals surface area contributed by atoms with Crippen LogP contribution >= 0.6 is 0 Å². The van der Waals surface area contributed by atoms with Gasteiger partial charge in [-0.15, -0.1) is 0 Å². The van der Waals surface area contributed by atoms with Crippen LogP contribution in [-0.2, 0) is 13.0 Å². The van der Waals surface area contributed by atoms with Crippen LogP contribution in [-0.4, -0.2) is 35.9 Å². The molecule has 1 atom stereocenters. The maximum absolute atomic E-state index is 11.8. The molecule has 5 nitrogen and oxygen atoms in total. The van der Waals surface area contributed by atoms with Crippen LogP contribution < -0.4 is 9.47 Å². The Balaban J connectivity index is 1.51. The molecule has 1 aliphatic heterocycles. The molecule has 1 N–H and O–H groups in total. The van der Waals surface area contributed by atoms with Crippen molar-refractivity contribution < 1.29 is 19.4 Å². The number of nitrogens with zero attached hydrogens (tertiary/aromatic N) is 1. The summed E-state index contributed by atoms with van der Waals surface area (Å²) in [6.07, 6.45) is -0.453. The molecular formula is C24H23NO4. The van der Waals surface area contributed by atoms with Gasteiger partial charge in [-0.3, -0.25) is 0 Å². The Morgan fingerprint density at radius 2 is 1.83 bits per heavy atom. The topological polar surface area (TPSA) is 59.0 Å². The standard InChI is InChI=1S/C24H23NO4/c1-28-20-12-10-18(11-13-20)22-9-5-8-19-14-21(29-23(19)22)16-25(24(26)27)15-17-6-3-2-4-7-17/h2-13,21H,14-16H2,1H3,(H,26,27). The Labute approximate surface area is 170 Å². The summed E-state index contributed by atoms with van der Waals surface area (Å²) in [5.74, 6) is 1.64. The highest BCUT2D eigenvalue weighted by Gasteiger charge is 2.29. The number of amides is 1. The Kier molecular flexibility index (Phi) is 5.38. The van der Waals surface area contributed by atoms with E-state index < -0.39 is 6.09 Å². The molecule has 0 saturated carbocycles. The first-order valence-corrected chi connectivity index (χ1v) is 9.59. The van der Waals surface area contributed by atoms with Crippen molar-refractivity contribution in [3.8, 4) is 22.6 Å². The lowest BCUT2D eigenvalue weighted by Crippen LogP contribution is -2.37. The van der Waals surface area contributed by atoms with Gasteiger partial charge in [0.2, 0.25) is 0 Å². The van der Waals surface area contributed by atoms with Gasteiger partial charge in [0, 0.05) is 18.5 Å². The normalized spacial score (nSPS) is 14.7. The number of carboxylic acid groups (broad SMARTS) is 1. The fraction of sp³-hybridized carbons (Fsp3) is 0.208. The van der Waals surface area contributed by atoms with Crippen molar-refractivity contribution in [1.82, 2.24) is 4.90 Å². The minimum atomic E-state index is -0.941. The maximum atomic E-state index is 11.8. The smallest absolute Gasteiger partial charge is 0.407 e. The third-order valence-corrected chi connectivity index (χ3v) is 5.14. The minimum Gasteiger partial charge on any atom is -0.497 e. The summed E-state index contributed by atoms with van der Waals surface area (Å²) in [4.78, 5) is 13.2. The molecule has 0 aromatic heterocycles. The molecular weight excluding hydrogens is 366 g/mol. The molecule has 3 aromatic carbocycles. The van der Waals surface area contributed by atoms with Crippen molar-refractivity contribution in [2.45, 2.75) is 19.1 Å². The molecule has 0 bridgehead atoms. The highest BCUT2D eigenvalue weighted by Crippen LogP contribution is 2.39. The van der Waals surface area contributed by atoms with E-state index in [1.54, 1.807) is 7.11 Å². The van der Waals surface area contributed by atoms with E-state index in [0.29, 0.717) is 19.5 Å². The van der Waals surface area contributed by atoms with Gasteiger partial charge in [0.15, 0.2) is 0 Å².